The van der Waals surface area contributed by atoms with Crippen LogP contribution in [0.1, 0.15) is 37.3 Å². The lowest BCUT2D eigenvalue weighted by Gasteiger charge is -2.14. The number of ether oxygens (including phenoxy) is 1. The zero-order chi connectivity index (χ0) is 12.7. The maximum Gasteiger partial charge on any atom is 0.122 e. The summed E-state index contributed by atoms with van der Waals surface area (Å²) in [6.07, 6.45) is 3.46. The second kappa shape index (κ2) is 7.33. The monoisotopic (exact) mass is 235 g/mol. The van der Waals surface area contributed by atoms with Gasteiger partial charge in [-0.05, 0) is 57.4 Å². The second-order valence-electron chi connectivity index (χ2n) is 4.65. The molecule has 2 heteroatoms. The minimum absolute atomic E-state index is 0.622. The summed E-state index contributed by atoms with van der Waals surface area (Å²) in [4.78, 5) is 0. The van der Waals surface area contributed by atoms with E-state index in [-0.39, 0.29) is 0 Å². The first kappa shape index (κ1) is 14.0. The fourth-order valence-electron chi connectivity index (χ4n) is 1.93. The van der Waals surface area contributed by atoms with Crippen molar-refractivity contribution in [3.8, 4) is 5.75 Å². The highest BCUT2D eigenvalue weighted by Crippen LogP contribution is 2.19. The van der Waals surface area contributed by atoms with Gasteiger partial charge in [0.05, 0.1) is 6.61 Å². The fourth-order valence-corrected chi connectivity index (χ4v) is 1.93. The second-order valence-corrected chi connectivity index (χ2v) is 4.65. The topological polar surface area (TPSA) is 21.3 Å². The van der Waals surface area contributed by atoms with Crippen LogP contribution in [0.15, 0.2) is 18.2 Å². The van der Waals surface area contributed by atoms with Crippen LogP contribution in [0.5, 0.6) is 5.75 Å². The number of nitrogens with one attached hydrogen (secondary N) is 1. The third-order valence-electron chi connectivity index (χ3n) is 3.20. The van der Waals surface area contributed by atoms with Gasteiger partial charge in [-0.1, -0.05) is 19.1 Å². The first-order valence-corrected chi connectivity index (χ1v) is 6.54. The summed E-state index contributed by atoms with van der Waals surface area (Å²) >= 11 is 0. The molecule has 1 aromatic carbocycles. The van der Waals surface area contributed by atoms with E-state index in [1.54, 1.807) is 0 Å². The molecular formula is C15H25NO. The van der Waals surface area contributed by atoms with Crippen molar-refractivity contribution < 1.29 is 4.74 Å². The Morgan fingerprint density at radius 1 is 1.29 bits per heavy atom. The standard InChI is InChI=1S/C15H25NO/c1-5-14(16-4)7-6-10-17-15-11-12(2)8-9-13(15)3/h8-9,11,14,16H,5-7,10H2,1-4H3. The number of benzene rings is 1. The first-order chi connectivity index (χ1) is 8.17. The van der Waals surface area contributed by atoms with E-state index in [1.807, 2.05) is 7.05 Å². The molecule has 0 aliphatic rings. The van der Waals surface area contributed by atoms with Gasteiger partial charge in [-0.25, -0.2) is 0 Å². The van der Waals surface area contributed by atoms with Gasteiger partial charge < -0.3 is 10.1 Å². The minimum Gasteiger partial charge on any atom is -0.493 e. The Balaban J connectivity index is 2.33. The van der Waals surface area contributed by atoms with E-state index in [2.05, 4.69) is 44.3 Å². The predicted octanol–water partition coefficient (Wildman–Crippen LogP) is 3.46. The van der Waals surface area contributed by atoms with Crippen molar-refractivity contribution in [1.82, 2.24) is 5.32 Å². The van der Waals surface area contributed by atoms with Crippen molar-refractivity contribution in [1.29, 1.82) is 0 Å². The molecule has 1 atom stereocenters. The molecule has 0 aliphatic heterocycles. The maximum absolute atomic E-state index is 5.83. The van der Waals surface area contributed by atoms with Crippen LogP contribution < -0.4 is 10.1 Å². The summed E-state index contributed by atoms with van der Waals surface area (Å²) in [5, 5.41) is 3.32. The molecule has 0 saturated heterocycles. The summed E-state index contributed by atoms with van der Waals surface area (Å²) in [6, 6.07) is 6.98. The zero-order valence-corrected chi connectivity index (χ0v) is 11.5. The molecule has 0 amide bonds. The molecule has 0 saturated carbocycles. The van der Waals surface area contributed by atoms with Crippen LogP contribution in [0.3, 0.4) is 0 Å². The van der Waals surface area contributed by atoms with Gasteiger partial charge in [0.2, 0.25) is 0 Å². The average molecular weight is 235 g/mol. The van der Waals surface area contributed by atoms with Crippen LogP contribution in [-0.4, -0.2) is 19.7 Å². The summed E-state index contributed by atoms with van der Waals surface area (Å²) in [7, 11) is 2.03. The number of rotatable bonds is 7. The van der Waals surface area contributed by atoms with E-state index in [1.165, 1.54) is 24.0 Å². The molecule has 1 rings (SSSR count). The number of hydrogen-bond donors (Lipinski definition) is 1. The normalized spacial score (nSPS) is 12.5. The molecular weight excluding hydrogens is 210 g/mol. The Morgan fingerprint density at radius 3 is 2.71 bits per heavy atom. The first-order valence-electron chi connectivity index (χ1n) is 6.54. The molecule has 0 aromatic heterocycles. The van der Waals surface area contributed by atoms with E-state index in [4.69, 9.17) is 4.74 Å². The quantitative estimate of drug-likeness (QED) is 0.731. The van der Waals surface area contributed by atoms with Crippen LogP contribution >= 0.6 is 0 Å². The van der Waals surface area contributed by atoms with E-state index in [0.29, 0.717) is 6.04 Å². The molecule has 0 aliphatic carbocycles. The lowest BCUT2D eigenvalue weighted by molar-refractivity contribution is 0.294. The molecule has 0 bridgehead atoms. The van der Waals surface area contributed by atoms with Crippen LogP contribution in [0, 0.1) is 13.8 Å². The highest BCUT2D eigenvalue weighted by molar-refractivity contribution is 5.35. The molecule has 2 nitrogen and oxygen atoms in total. The third-order valence-corrected chi connectivity index (χ3v) is 3.20. The Labute approximate surface area is 105 Å². The molecule has 17 heavy (non-hydrogen) atoms. The molecule has 0 radical (unpaired) electrons. The summed E-state index contributed by atoms with van der Waals surface area (Å²) < 4.78 is 5.83. The summed E-state index contributed by atoms with van der Waals surface area (Å²) in [5.74, 6) is 1.03. The third kappa shape index (κ3) is 4.78. The van der Waals surface area contributed by atoms with Crippen molar-refractivity contribution in [2.45, 2.75) is 46.1 Å². The Morgan fingerprint density at radius 2 is 2.06 bits per heavy atom. The van der Waals surface area contributed by atoms with Crippen LogP contribution in [0.25, 0.3) is 0 Å². The smallest absolute Gasteiger partial charge is 0.122 e. The van der Waals surface area contributed by atoms with Crippen LogP contribution in [0.2, 0.25) is 0 Å². The van der Waals surface area contributed by atoms with Crippen molar-refractivity contribution in [2.75, 3.05) is 13.7 Å². The molecule has 1 N–H and O–H groups in total. The summed E-state index contributed by atoms with van der Waals surface area (Å²) in [5.41, 5.74) is 2.48. The van der Waals surface area contributed by atoms with Crippen LogP contribution in [-0.2, 0) is 0 Å². The zero-order valence-electron chi connectivity index (χ0n) is 11.5. The highest BCUT2D eigenvalue weighted by atomic mass is 16.5. The van der Waals surface area contributed by atoms with E-state index in [9.17, 15) is 0 Å². The van der Waals surface area contributed by atoms with Gasteiger partial charge in [0.1, 0.15) is 5.75 Å². The average Bonchev–Trinajstić information content (AvgIpc) is 2.33. The molecule has 0 fully saturated rings. The van der Waals surface area contributed by atoms with E-state index in [0.717, 1.165) is 18.8 Å². The van der Waals surface area contributed by atoms with Crippen molar-refractivity contribution in [3.63, 3.8) is 0 Å². The Hall–Kier alpha value is -1.02. The van der Waals surface area contributed by atoms with Crippen LogP contribution in [0.4, 0.5) is 0 Å². The maximum atomic E-state index is 5.83. The Bertz CT molecular complexity index is 332. The molecule has 1 aromatic rings. The molecule has 1 unspecified atom stereocenters. The van der Waals surface area contributed by atoms with Gasteiger partial charge in [0, 0.05) is 6.04 Å². The lowest BCUT2D eigenvalue weighted by Crippen LogP contribution is -2.24. The predicted molar refractivity (Wildman–Crippen MR) is 73.8 cm³/mol. The Kier molecular flexibility index (Phi) is 6.06. The lowest BCUT2D eigenvalue weighted by atomic mass is 10.1. The fraction of sp³-hybridized carbons (Fsp3) is 0.600. The molecule has 0 spiro atoms. The van der Waals surface area contributed by atoms with E-state index < -0.39 is 0 Å². The van der Waals surface area contributed by atoms with Crippen molar-refractivity contribution >= 4 is 0 Å². The van der Waals surface area contributed by atoms with Crippen molar-refractivity contribution in [2.24, 2.45) is 0 Å². The number of hydrogen-bond acceptors (Lipinski definition) is 2. The van der Waals surface area contributed by atoms with Gasteiger partial charge in [-0.15, -0.1) is 0 Å². The van der Waals surface area contributed by atoms with E-state index >= 15 is 0 Å². The molecule has 96 valence electrons. The minimum atomic E-state index is 0.622. The van der Waals surface area contributed by atoms with Gasteiger partial charge in [-0.3, -0.25) is 0 Å². The largest absolute Gasteiger partial charge is 0.493 e. The van der Waals surface area contributed by atoms with Gasteiger partial charge in [-0.2, -0.15) is 0 Å². The highest BCUT2D eigenvalue weighted by Gasteiger charge is 2.03. The SMILES string of the molecule is CCC(CCCOc1cc(C)ccc1C)NC. The van der Waals surface area contributed by atoms with Gasteiger partial charge in [0.15, 0.2) is 0 Å². The van der Waals surface area contributed by atoms with Crippen molar-refractivity contribution in [3.05, 3.63) is 29.3 Å². The summed E-state index contributed by atoms with van der Waals surface area (Å²) in [6.45, 7) is 7.22. The number of aryl methyl sites for hydroxylation is 2. The van der Waals surface area contributed by atoms with Gasteiger partial charge in [0.25, 0.3) is 0 Å². The molecule has 0 heterocycles. The van der Waals surface area contributed by atoms with Gasteiger partial charge >= 0.3 is 0 Å².